The summed E-state index contributed by atoms with van der Waals surface area (Å²) >= 11 is 0. The van der Waals surface area contributed by atoms with Crippen LogP contribution in [0, 0.1) is 11.6 Å². The molecule has 1 aromatic carbocycles. The summed E-state index contributed by atoms with van der Waals surface area (Å²) in [6, 6.07) is 3.53. The topological polar surface area (TPSA) is 20.2 Å². The molecule has 1 N–H and O–H groups in total. The second-order valence-corrected chi connectivity index (χ2v) is 3.78. The Morgan fingerprint density at radius 3 is 2.73 bits per heavy atom. The number of allylic oxidation sites excluding steroid dienone is 1. The minimum Gasteiger partial charge on any atom is -0.389 e. The third-order valence-corrected chi connectivity index (χ3v) is 2.62. The van der Waals surface area contributed by atoms with E-state index in [-0.39, 0.29) is 0 Å². The fourth-order valence-corrected chi connectivity index (χ4v) is 1.87. The van der Waals surface area contributed by atoms with Crippen molar-refractivity contribution < 1.29 is 13.9 Å². The van der Waals surface area contributed by atoms with Crippen LogP contribution in [0.25, 0.3) is 5.57 Å². The highest BCUT2D eigenvalue weighted by Gasteiger charge is 2.15. The van der Waals surface area contributed by atoms with Gasteiger partial charge in [-0.1, -0.05) is 6.08 Å². The molecule has 0 amide bonds. The highest BCUT2D eigenvalue weighted by molar-refractivity contribution is 5.67. The van der Waals surface area contributed by atoms with Gasteiger partial charge in [-0.15, -0.1) is 0 Å². The van der Waals surface area contributed by atoms with Gasteiger partial charge in [0.05, 0.1) is 6.10 Å². The standard InChI is InChI=1S/C12H12F2O/c13-9-4-5-11(12(14)7-9)8-2-1-3-10(15)6-8/h4-7,10,15H,1-3H2. The molecule has 80 valence electrons. The van der Waals surface area contributed by atoms with Gasteiger partial charge in [0, 0.05) is 11.6 Å². The third kappa shape index (κ3) is 2.23. The first-order valence-electron chi connectivity index (χ1n) is 5.01. The van der Waals surface area contributed by atoms with Crippen LogP contribution in [0.15, 0.2) is 24.3 Å². The molecule has 0 aliphatic heterocycles. The minimum absolute atomic E-state index is 0.398. The zero-order valence-electron chi connectivity index (χ0n) is 8.21. The maximum atomic E-state index is 13.4. The summed E-state index contributed by atoms with van der Waals surface area (Å²) in [6.45, 7) is 0. The lowest BCUT2D eigenvalue weighted by molar-refractivity contribution is 0.206. The Morgan fingerprint density at radius 1 is 1.27 bits per heavy atom. The molecule has 0 spiro atoms. The highest BCUT2D eigenvalue weighted by atomic mass is 19.1. The van der Waals surface area contributed by atoms with Crippen molar-refractivity contribution >= 4 is 5.57 Å². The Hall–Kier alpha value is -1.22. The predicted molar refractivity (Wildman–Crippen MR) is 54.2 cm³/mol. The van der Waals surface area contributed by atoms with Crippen molar-refractivity contribution in [2.45, 2.75) is 25.4 Å². The normalized spacial score (nSPS) is 21.3. The molecule has 0 fully saturated rings. The molecule has 2 rings (SSSR count). The summed E-state index contributed by atoms with van der Waals surface area (Å²) in [5.41, 5.74) is 1.17. The van der Waals surface area contributed by atoms with Gasteiger partial charge in [0.2, 0.25) is 0 Å². The molecule has 0 aromatic heterocycles. The molecule has 1 aliphatic rings. The van der Waals surface area contributed by atoms with E-state index in [1.54, 1.807) is 6.08 Å². The quantitative estimate of drug-likeness (QED) is 0.755. The van der Waals surface area contributed by atoms with Crippen molar-refractivity contribution in [3.05, 3.63) is 41.5 Å². The van der Waals surface area contributed by atoms with Gasteiger partial charge in [0.25, 0.3) is 0 Å². The van der Waals surface area contributed by atoms with Crippen LogP contribution in [0.5, 0.6) is 0 Å². The molecule has 0 saturated heterocycles. The summed E-state index contributed by atoms with van der Waals surface area (Å²) in [7, 11) is 0. The molecule has 1 unspecified atom stereocenters. The second-order valence-electron chi connectivity index (χ2n) is 3.78. The monoisotopic (exact) mass is 210 g/mol. The van der Waals surface area contributed by atoms with Crippen molar-refractivity contribution in [1.82, 2.24) is 0 Å². The smallest absolute Gasteiger partial charge is 0.133 e. The third-order valence-electron chi connectivity index (χ3n) is 2.62. The molecule has 15 heavy (non-hydrogen) atoms. The van der Waals surface area contributed by atoms with E-state index in [2.05, 4.69) is 0 Å². The summed E-state index contributed by atoms with van der Waals surface area (Å²) in [4.78, 5) is 0. The van der Waals surface area contributed by atoms with Gasteiger partial charge in [-0.25, -0.2) is 8.78 Å². The Balaban J connectivity index is 2.37. The number of aliphatic hydroxyl groups is 1. The van der Waals surface area contributed by atoms with E-state index in [1.165, 1.54) is 12.1 Å². The van der Waals surface area contributed by atoms with Gasteiger partial charge < -0.3 is 5.11 Å². The molecule has 0 bridgehead atoms. The maximum Gasteiger partial charge on any atom is 0.133 e. The Kier molecular flexibility index (Phi) is 2.82. The first-order valence-corrected chi connectivity index (χ1v) is 5.01. The molecule has 3 heteroatoms. The minimum atomic E-state index is -0.576. The molecular formula is C12H12F2O. The van der Waals surface area contributed by atoms with Crippen LogP contribution >= 0.6 is 0 Å². The molecule has 0 heterocycles. The number of hydrogen-bond donors (Lipinski definition) is 1. The van der Waals surface area contributed by atoms with Gasteiger partial charge >= 0.3 is 0 Å². The van der Waals surface area contributed by atoms with E-state index in [9.17, 15) is 13.9 Å². The molecule has 0 saturated carbocycles. The van der Waals surface area contributed by atoms with Gasteiger partial charge in [-0.2, -0.15) is 0 Å². The molecule has 1 aromatic rings. The van der Waals surface area contributed by atoms with E-state index in [1.807, 2.05) is 0 Å². The Bertz CT molecular complexity index is 399. The van der Waals surface area contributed by atoms with Crippen LogP contribution in [-0.4, -0.2) is 11.2 Å². The van der Waals surface area contributed by atoms with Gasteiger partial charge in [-0.05, 0) is 37.0 Å². The van der Waals surface area contributed by atoms with Crippen molar-refractivity contribution in [3.8, 4) is 0 Å². The Morgan fingerprint density at radius 2 is 2.07 bits per heavy atom. The van der Waals surface area contributed by atoms with Gasteiger partial charge in [0.15, 0.2) is 0 Å². The van der Waals surface area contributed by atoms with E-state index in [0.717, 1.165) is 24.5 Å². The van der Waals surface area contributed by atoms with E-state index < -0.39 is 17.7 Å². The second kappa shape index (κ2) is 4.11. The lowest BCUT2D eigenvalue weighted by atomic mass is 9.92. The first-order chi connectivity index (χ1) is 7.16. The van der Waals surface area contributed by atoms with Crippen LogP contribution in [0.3, 0.4) is 0 Å². The number of benzene rings is 1. The van der Waals surface area contributed by atoms with Gasteiger partial charge in [-0.3, -0.25) is 0 Å². The van der Waals surface area contributed by atoms with Crippen LogP contribution < -0.4 is 0 Å². The summed E-state index contributed by atoms with van der Waals surface area (Å²) < 4.78 is 26.1. The molecule has 1 aliphatic carbocycles. The van der Waals surface area contributed by atoms with E-state index in [0.29, 0.717) is 12.0 Å². The average Bonchev–Trinajstić information content (AvgIpc) is 2.17. The van der Waals surface area contributed by atoms with Crippen LogP contribution in [0.2, 0.25) is 0 Å². The van der Waals surface area contributed by atoms with E-state index >= 15 is 0 Å². The Labute approximate surface area is 87.1 Å². The summed E-state index contributed by atoms with van der Waals surface area (Å²) in [6.07, 6.45) is 3.44. The van der Waals surface area contributed by atoms with Gasteiger partial charge in [0.1, 0.15) is 11.6 Å². The van der Waals surface area contributed by atoms with Crippen LogP contribution in [0.4, 0.5) is 8.78 Å². The molecular weight excluding hydrogens is 198 g/mol. The zero-order chi connectivity index (χ0) is 10.8. The average molecular weight is 210 g/mol. The lowest BCUT2D eigenvalue weighted by Gasteiger charge is -2.17. The zero-order valence-corrected chi connectivity index (χ0v) is 8.21. The molecule has 1 atom stereocenters. The fraction of sp³-hybridized carbons (Fsp3) is 0.333. The van der Waals surface area contributed by atoms with Crippen LogP contribution in [0.1, 0.15) is 24.8 Å². The summed E-state index contributed by atoms with van der Waals surface area (Å²) in [5, 5.41) is 9.41. The van der Waals surface area contributed by atoms with Crippen molar-refractivity contribution in [2.75, 3.05) is 0 Å². The summed E-state index contributed by atoms with van der Waals surface area (Å²) in [5.74, 6) is -1.14. The molecule has 1 nitrogen and oxygen atoms in total. The number of aliphatic hydroxyl groups excluding tert-OH is 1. The number of halogens is 2. The SMILES string of the molecule is OC1C=C(c2ccc(F)cc2F)CCC1. The fourth-order valence-electron chi connectivity index (χ4n) is 1.87. The lowest BCUT2D eigenvalue weighted by Crippen LogP contribution is -2.09. The van der Waals surface area contributed by atoms with Crippen molar-refractivity contribution in [1.29, 1.82) is 0 Å². The predicted octanol–water partition coefficient (Wildman–Crippen LogP) is 2.89. The maximum absolute atomic E-state index is 13.4. The highest BCUT2D eigenvalue weighted by Crippen LogP contribution is 2.28. The van der Waals surface area contributed by atoms with Crippen LogP contribution in [-0.2, 0) is 0 Å². The van der Waals surface area contributed by atoms with Crippen molar-refractivity contribution in [2.24, 2.45) is 0 Å². The van der Waals surface area contributed by atoms with E-state index in [4.69, 9.17) is 0 Å². The first kappa shape index (κ1) is 10.3. The van der Waals surface area contributed by atoms with Crippen molar-refractivity contribution in [3.63, 3.8) is 0 Å². The largest absolute Gasteiger partial charge is 0.389 e. The number of hydrogen-bond acceptors (Lipinski definition) is 1. The number of rotatable bonds is 1. The molecule has 0 radical (unpaired) electrons.